The number of carbonyl (C=O) groups is 1. The molecular formula is C25H25N7O. The summed E-state index contributed by atoms with van der Waals surface area (Å²) in [6.45, 7) is 5.24. The van der Waals surface area contributed by atoms with Gasteiger partial charge in [0, 0.05) is 60.9 Å². The molecule has 0 radical (unpaired) electrons. The minimum atomic E-state index is -0.246. The highest BCUT2D eigenvalue weighted by atomic mass is 16.1. The Morgan fingerprint density at radius 2 is 1.88 bits per heavy atom. The molecule has 4 aromatic rings. The van der Waals surface area contributed by atoms with Crippen LogP contribution in [0.4, 0.5) is 11.5 Å². The third-order valence-corrected chi connectivity index (χ3v) is 6.44. The first-order chi connectivity index (χ1) is 16.2. The lowest BCUT2D eigenvalue weighted by Gasteiger charge is -2.32. The van der Waals surface area contributed by atoms with Crippen LogP contribution in [0.25, 0.3) is 22.0 Å². The van der Waals surface area contributed by atoms with Gasteiger partial charge in [-0.15, -0.1) is 0 Å². The van der Waals surface area contributed by atoms with Crippen LogP contribution in [-0.4, -0.2) is 57.2 Å². The van der Waals surface area contributed by atoms with Gasteiger partial charge in [-0.3, -0.25) is 19.8 Å². The maximum atomic E-state index is 13.1. The lowest BCUT2D eigenvalue weighted by atomic mass is 10.0. The number of hydrogen-bond acceptors (Lipinski definition) is 6. The average Bonchev–Trinajstić information content (AvgIpc) is 3.19. The smallest absolute Gasteiger partial charge is 0.276 e. The van der Waals surface area contributed by atoms with E-state index in [-0.39, 0.29) is 5.91 Å². The van der Waals surface area contributed by atoms with Crippen molar-refractivity contribution in [3.8, 4) is 11.1 Å². The fourth-order valence-corrected chi connectivity index (χ4v) is 4.30. The zero-order valence-electron chi connectivity index (χ0n) is 18.3. The molecule has 0 unspecified atom stereocenters. The van der Waals surface area contributed by atoms with Gasteiger partial charge >= 0.3 is 0 Å². The number of fused-ring (bicyclic) bond motifs is 1. The van der Waals surface area contributed by atoms with Crippen LogP contribution in [0.5, 0.6) is 0 Å². The van der Waals surface area contributed by atoms with E-state index in [1.807, 2.05) is 36.7 Å². The maximum Gasteiger partial charge on any atom is 0.276 e. The first-order valence-corrected chi connectivity index (χ1v) is 11.4. The molecular weight excluding hydrogens is 414 g/mol. The van der Waals surface area contributed by atoms with Crippen molar-refractivity contribution in [1.82, 2.24) is 25.1 Å². The van der Waals surface area contributed by atoms with Crippen LogP contribution in [0.2, 0.25) is 0 Å². The average molecular weight is 440 g/mol. The number of likely N-dealkylation sites (tertiary alicyclic amines) is 1. The molecule has 2 aliphatic rings. The SMILES string of the molecule is O=C(Nc1ccnc(N2CCC2)c1)c1n[nH]c2ccc(-c3cncc(CN4CCC4)c3)cc12. The number of rotatable bonds is 6. The number of pyridine rings is 2. The van der Waals surface area contributed by atoms with Crippen molar-refractivity contribution in [3.05, 3.63) is 66.2 Å². The third-order valence-electron chi connectivity index (χ3n) is 6.44. The van der Waals surface area contributed by atoms with Crippen LogP contribution >= 0.6 is 0 Å². The van der Waals surface area contributed by atoms with E-state index in [0.29, 0.717) is 11.4 Å². The van der Waals surface area contributed by atoms with Crippen LogP contribution in [0.1, 0.15) is 28.9 Å². The molecule has 3 aromatic heterocycles. The molecule has 0 atom stereocenters. The largest absolute Gasteiger partial charge is 0.356 e. The molecule has 0 saturated carbocycles. The Morgan fingerprint density at radius 3 is 2.67 bits per heavy atom. The van der Waals surface area contributed by atoms with Crippen molar-refractivity contribution in [2.24, 2.45) is 0 Å². The quantitative estimate of drug-likeness (QED) is 0.476. The summed E-state index contributed by atoms with van der Waals surface area (Å²) < 4.78 is 0. The van der Waals surface area contributed by atoms with E-state index < -0.39 is 0 Å². The van der Waals surface area contributed by atoms with Gasteiger partial charge < -0.3 is 10.2 Å². The monoisotopic (exact) mass is 439 g/mol. The molecule has 166 valence electrons. The minimum Gasteiger partial charge on any atom is -0.356 e. The molecule has 5 heterocycles. The van der Waals surface area contributed by atoms with Crippen LogP contribution in [0, 0.1) is 0 Å². The predicted octanol–water partition coefficient (Wildman–Crippen LogP) is 3.69. The summed E-state index contributed by atoms with van der Waals surface area (Å²) in [7, 11) is 0. The molecule has 6 rings (SSSR count). The topological polar surface area (TPSA) is 90.0 Å². The van der Waals surface area contributed by atoms with Gasteiger partial charge in [-0.25, -0.2) is 4.98 Å². The summed E-state index contributed by atoms with van der Waals surface area (Å²) in [4.78, 5) is 26.5. The molecule has 1 aromatic carbocycles. The highest BCUT2D eigenvalue weighted by molar-refractivity contribution is 6.11. The summed E-state index contributed by atoms with van der Waals surface area (Å²) in [5.41, 5.74) is 5.17. The molecule has 2 N–H and O–H groups in total. The number of nitrogens with one attached hydrogen (secondary N) is 2. The number of carbonyl (C=O) groups excluding carboxylic acids is 1. The number of anilines is 2. The van der Waals surface area contributed by atoms with Crippen molar-refractivity contribution in [1.29, 1.82) is 0 Å². The minimum absolute atomic E-state index is 0.246. The summed E-state index contributed by atoms with van der Waals surface area (Å²) in [6, 6.07) is 11.9. The Balaban J connectivity index is 1.26. The normalized spacial score (nSPS) is 15.8. The zero-order chi connectivity index (χ0) is 22.2. The van der Waals surface area contributed by atoms with Gasteiger partial charge in [0.05, 0.1) is 5.52 Å². The van der Waals surface area contributed by atoms with Crippen molar-refractivity contribution in [2.45, 2.75) is 19.4 Å². The molecule has 8 heteroatoms. The van der Waals surface area contributed by atoms with Gasteiger partial charge in [-0.05, 0) is 61.3 Å². The lowest BCUT2D eigenvalue weighted by Crippen LogP contribution is -2.37. The first kappa shape index (κ1) is 19.9. The molecule has 2 saturated heterocycles. The second kappa shape index (κ2) is 8.29. The Hall–Kier alpha value is -3.78. The van der Waals surface area contributed by atoms with E-state index in [1.165, 1.54) is 18.4 Å². The fraction of sp³-hybridized carbons (Fsp3) is 0.280. The molecule has 0 bridgehead atoms. The number of H-pyrrole nitrogens is 1. The van der Waals surface area contributed by atoms with Crippen molar-refractivity contribution >= 4 is 28.3 Å². The van der Waals surface area contributed by atoms with Crippen molar-refractivity contribution < 1.29 is 4.79 Å². The number of hydrogen-bond donors (Lipinski definition) is 2. The number of aromatic nitrogens is 4. The molecule has 0 spiro atoms. The van der Waals surface area contributed by atoms with Crippen molar-refractivity contribution in [2.75, 3.05) is 36.4 Å². The van der Waals surface area contributed by atoms with Gasteiger partial charge in [0.25, 0.3) is 5.91 Å². The number of nitrogens with zero attached hydrogens (tertiary/aromatic N) is 5. The van der Waals surface area contributed by atoms with Gasteiger partial charge in [0.1, 0.15) is 5.82 Å². The highest BCUT2D eigenvalue weighted by Gasteiger charge is 2.19. The van der Waals surface area contributed by atoms with Gasteiger partial charge in [-0.2, -0.15) is 5.10 Å². The Bertz CT molecular complexity index is 1320. The molecule has 2 fully saturated rings. The van der Waals surface area contributed by atoms with E-state index in [1.54, 1.807) is 12.3 Å². The molecule has 2 aliphatic heterocycles. The van der Waals surface area contributed by atoms with E-state index in [9.17, 15) is 4.79 Å². The van der Waals surface area contributed by atoms with E-state index in [4.69, 9.17) is 0 Å². The predicted molar refractivity (Wildman–Crippen MR) is 128 cm³/mol. The second-order valence-electron chi connectivity index (χ2n) is 8.74. The van der Waals surface area contributed by atoms with Crippen LogP contribution in [-0.2, 0) is 6.54 Å². The van der Waals surface area contributed by atoms with Crippen molar-refractivity contribution in [3.63, 3.8) is 0 Å². The van der Waals surface area contributed by atoms with E-state index >= 15 is 0 Å². The van der Waals surface area contributed by atoms with Gasteiger partial charge in [0.15, 0.2) is 5.69 Å². The zero-order valence-corrected chi connectivity index (χ0v) is 18.3. The standard InChI is InChI=1S/C25H25N7O/c33-25(28-20-5-6-27-23(13-20)32-9-2-10-32)24-21-12-18(3-4-22(21)29-30-24)19-11-17(14-26-15-19)16-31-7-1-8-31/h3-6,11-15H,1-2,7-10,16H2,(H,29,30)(H,27,28,33). The number of aromatic amines is 1. The molecule has 0 aliphatic carbocycles. The molecule has 33 heavy (non-hydrogen) atoms. The van der Waals surface area contributed by atoms with E-state index in [0.717, 1.165) is 60.6 Å². The number of benzene rings is 1. The number of amides is 1. The van der Waals surface area contributed by atoms with Crippen LogP contribution < -0.4 is 10.2 Å². The summed E-state index contributed by atoms with van der Waals surface area (Å²) >= 11 is 0. The second-order valence-corrected chi connectivity index (χ2v) is 8.74. The lowest BCUT2D eigenvalue weighted by molar-refractivity contribution is 0.102. The van der Waals surface area contributed by atoms with Gasteiger partial charge in [-0.1, -0.05) is 6.07 Å². The highest BCUT2D eigenvalue weighted by Crippen LogP contribution is 2.27. The third kappa shape index (κ3) is 3.93. The molecule has 1 amide bonds. The maximum absolute atomic E-state index is 13.1. The Kier molecular flexibility index (Phi) is 4.99. The van der Waals surface area contributed by atoms with E-state index in [2.05, 4.69) is 41.3 Å². The molecule has 8 nitrogen and oxygen atoms in total. The van der Waals surface area contributed by atoms with Gasteiger partial charge in [0.2, 0.25) is 0 Å². The summed E-state index contributed by atoms with van der Waals surface area (Å²) in [6.07, 6.45) is 7.98. The van der Waals surface area contributed by atoms with Crippen LogP contribution in [0.15, 0.2) is 55.0 Å². The Labute approximate surface area is 191 Å². The van der Waals surface area contributed by atoms with Crippen LogP contribution in [0.3, 0.4) is 0 Å². The summed E-state index contributed by atoms with van der Waals surface area (Å²) in [5, 5.41) is 11.0. The summed E-state index contributed by atoms with van der Waals surface area (Å²) in [5.74, 6) is 0.641. The fourth-order valence-electron chi connectivity index (χ4n) is 4.30. The Morgan fingerprint density at radius 1 is 1.00 bits per heavy atom. The first-order valence-electron chi connectivity index (χ1n) is 11.4.